The van der Waals surface area contributed by atoms with Crippen LogP contribution in [-0.2, 0) is 9.53 Å². The highest BCUT2D eigenvalue weighted by Gasteiger charge is 2.33. The van der Waals surface area contributed by atoms with Gasteiger partial charge in [-0.05, 0) is 32.8 Å². The lowest BCUT2D eigenvalue weighted by Gasteiger charge is -2.28. The Morgan fingerprint density at radius 2 is 2.05 bits per heavy atom. The van der Waals surface area contributed by atoms with Crippen LogP contribution >= 0.6 is 0 Å². The van der Waals surface area contributed by atoms with Gasteiger partial charge in [0.25, 0.3) is 5.91 Å². The maximum absolute atomic E-state index is 12.5. The molecule has 118 valence electrons. The summed E-state index contributed by atoms with van der Waals surface area (Å²) in [5, 5.41) is 2.91. The Bertz CT molecular complexity index is 477. The van der Waals surface area contributed by atoms with Crippen molar-refractivity contribution in [1.29, 1.82) is 0 Å². The fourth-order valence-corrected chi connectivity index (χ4v) is 2.09. The van der Waals surface area contributed by atoms with Crippen LogP contribution in [0.3, 0.4) is 0 Å². The van der Waals surface area contributed by atoms with Gasteiger partial charge in [0.05, 0.1) is 18.5 Å². The molecular formula is C16H26N2O3. The number of hydrogen-bond acceptors (Lipinski definition) is 4. The number of carbonyl (C=O) groups is 1. The number of aryl methyl sites for hydroxylation is 1. The highest BCUT2D eigenvalue weighted by Crippen LogP contribution is 2.23. The zero-order chi connectivity index (χ0) is 15.9. The molecule has 0 aliphatic heterocycles. The molecule has 1 rings (SSSR count). The Balaban J connectivity index is 2.86. The van der Waals surface area contributed by atoms with Gasteiger partial charge in [0.2, 0.25) is 5.88 Å². The molecule has 5 heteroatoms. The number of ether oxygens (including phenoxy) is 2. The van der Waals surface area contributed by atoms with Gasteiger partial charge in [-0.1, -0.05) is 20.3 Å². The molecule has 0 aliphatic rings. The molecule has 0 spiro atoms. The molecule has 0 fully saturated rings. The molecule has 1 amide bonds. The number of pyridine rings is 1. The molecular weight excluding hydrogens is 268 g/mol. The molecule has 5 nitrogen and oxygen atoms in total. The number of nitrogens with one attached hydrogen (secondary N) is 1. The van der Waals surface area contributed by atoms with Crippen LogP contribution in [-0.4, -0.2) is 30.2 Å². The van der Waals surface area contributed by atoms with E-state index in [0.29, 0.717) is 24.6 Å². The van der Waals surface area contributed by atoms with Gasteiger partial charge in [-0.3, -0.25) is 4.79 Å². The third-order valence-electron chi connectivity index (χ3n) is 3.35. The van der Waals surface area contributed by atoms with E-state index in [4.69, 9.17) is 9.47 Å². The molecule has 0 bridgehead atoms. The second-order valence-electron chi connectivity index (χ2n) is 5.27. The minimum Gasteiger partial charge on any atom is -0.481 e. The summed E-state index contributed by atoms with van der Waals surface area (Å²) in [7, 11) is 1.57. The Hall–Kier alpha value is -1.62. The molecule has 0 saturated heterocycles. The van der Waals surface area contributed by atoms with Gasteiger partial charge in [0.1, 0.15) is 5.60 Å². The van der Waals surface area contributed by atoms with Crippen LogP contribution in [0.2, 0.25) is 0 Å². The molecule has 0 unspecified atom stereocenters. The first-order valence-electron chi connectivity index (χ1n) is 7.43. The summed E-state index contributed by atoms with van der Waals surface area (Å²) < 4.78 is 10.8. The number of nitrogens with zero attached hydrogens (tertiary/aromatic N) is 1. The number of hydrogen-bond donors (Lipinski definition) is 1. The van der Waals surface area contributed by atoms with E-state index in [0.717, 1.165) is 18.5 Å². The summed E-state index contributed by atoms with van der Waals surface area (Å²) in [5.74, 6) is 0.400. The molecule has 0 radical (unpaired) electrons. The number of aromatic nitrogens is 1. The summed E-state index contributed by atoms with van der Waals surface area (Å²) >= 11 is 0. The number of anilines is 1. The van der Waals surface area contributed by atoms with Crippen molar-refractivity contribution in [3.05, 3.63) is 17.8 Å². The first-order valence-corrected chi connectivity index (χ1v) is 7.43. The zero-order valence-electron chi connectivity index (χ0n) is 13.7. The lowest BCUT2D eigenvalue weighted by Crippen LogP contribution is -2.43. The van der Waals surface area contributed by atoms with E-state index >= 15 is 0 Å². The fraction of sp³-hybridized carbons (Fsp3) is 0.625. The molecule has 1 aromatic rings. The van der Waals surface area contributed by atoms with E-state index in [1.807, 2.05) is 27.7 Å². The maximum atomic E-state index is 12.5. The summed E-state index contributed by atoms with van der Waals surface area (Å²) in [4.78, 5) is 16.8. The molecule has 1 N–H and O–H groups in total. The molecule has 0 saturated carbocycles. The van der Waals surface area contributed by atoms with E-state index in [9.17, 15) is 4.79 Å². The maximum Gasteiger partial charge on any atom is 0.256 e. The van der Waals surface area contributed by atoms with Gasteiger partial charge >= 0.3 is 0 Å². The predicted octanol–water partition coefficient (Wildman–Crippen LogP) is 3.32. The number of amides is 1. The summed E-state index contributed by atoms with van der Waals surface area (Å²) in [6.45, 7) is 8.32. The van der Waals surface area contributed by atoms with Crippen LogP contribution in [0.25, 0.3) is 0 Å². The molecule has 0 aromatic carbocycles. The standard InChI is InChI=1S/C16H26N2O3/c1-6-10-16(4,21-11-7-2)15(19)18-13-8-9-14(20-5)17-12(13)3/h8-9H,6-7,10-11H2,1-5H3,(H,18,19)/t16-/m0/s1. The van der Waals surface area contributed by atoms with Crippen molar-refractivity contribution in [3.63, 3.8) is 0 Å². The van der Waals surface area contributed by atoms with E-state index < -0.39 is 5.60 Å². The van der Waals surface area contributed by atoms with Gasteiger partial charge in [0, 0.05) is 12.7 Å². The highest BCUT2D eigenvalue weighted by molar-refractivity contribution is 5.97. The van der Waals surface area contributed by atoms with E-state index in [1.54, 1.807) is 19.2 Å². The largest absolute Gasteiger partial charge is 0.481 e. The van der Waals surface area contributed by atoms with Crippen LogP contribution in [0.5, 0.6) is 5.88 Å². The van der Waals surface area contributed by atoms with Crippen molar-refractivity contribution >= 4 is 11.6 Å². The molecule has 1 aromatic heterocycles. The van der Waals surface area contributed by atoms with Crippen LogP contribution in [0.4, 0.5) is 5.69 Å². The van der Waals surface area contributed by atoms with Gasteiger partial charge in [0.15, 0.2) is 0 Å². The van der Waals surface area contributed by atoms with Gasteiger partial charge in [-0.15, -0.1) is 0 Å². The summed E-state index contributed by atoms with van der Waals surface area (Å²) in [6.07, 6.45) is 2.45. The van der Waals surface area contributed by atoms with Crippen molar-refractivity contribution in [2.24, 2.45) is 0 Å². The third kappa shape index (κ3) is 4.70. The quantitative estimate of drug-likeness (QED) is 0.799. The smallest absolute Gasteiger partial charge is 0.256 e. The van der Waals surface area contributed by atoms with Crippen LogP contribution in [0.1, 0.15) is 45.7 Å². The second-order valence-corrected chi connectivity index (χ2v) is 5.27. The van der Waals surface area contributed by atoms with Crippen LogP contribution in [0, 0.1) is 6.92 Å². The van der Waals surface area contributed by atoms with Gasteiger partial charge < -0.3 is 14.8 Å². The SMILES string of the molecule is CCCO[C@@](C)(CCC)C(=O)Nc1ccc(OC)nc1C. The first-order chi connectivity index (χ1) is 9.96. The molecule has 21 heavy (non-hydrogen) atoms. The number of rotatable bonds is 8. The highest BCUT2D eigenvalue weighted by atomic mass is 16.5. The lowest BCUT2D eigenvalue weighted by atomic mass is 9.99. The van der Waals surface area contributed by atoms with E-state index in [1.165, 1.54) is 0 Å². The monoisotopic (exact) mass is 294 g/mol. The molecule has 1 atom stereocenters. The lowest BCUT2D eigenvalue weighted by molar-refractivity contribution is -0.140. The van der Waals surface area contributed by atoms with Crippen molar-refractivity contribution in [2.45, 2.75) is 52.6 Å². The van der Waals surface area contributed by atoms with E-state index in [-0.39, 0.29) is 5.91 Å². The van der Waals surface area contributed by atoms with Crippen LogP contribution < -0.4 is 10.1 Å². The number of carbonyl (C=O) groups excluding carboxylic acids is 1. The number of methoxy groups -OCH3 is 1. The van der Waals surface area contributed by atoms with E-state index in [2.05, 4.69) is 10.3 Å². The van der Waals surface area contributed by atoms with Crippen molar-refractivity contribution in [3.8, 4) is 5.88 Å². The average molecular weight is 294 g/mol. The van der Waals surface area contributed by atoms with Crippen molar-refractivity contribution in [2.75, 3.05) is 19.0 Å². The third-order valence-corrected chi connectivity index (χ3v) is 3.35. The Labute approximate surface area is 127 Å². The Morgan fingerprint density at radius 3 is 2.57 bits per heavy atom. The average Bonchev–Trinajstić information content (AvgIpc) is 2.47. The fourth-order valence-electron chi connectivity index (χ4n) is 2.09. The topological polar surface area (TPSA) is 60.5 Å². The summed E-state index contributed by atoms with van der Waals surface area (Å²) in [6, 6.07) is 3.53. The normalized spacial score (nSPS) is 13.6. The Morgan fingerprint density at radius 1 is 1.33 bits per heavy atom. The second kappa shape index (κ2) is 7.98. The zero-order valence-corrected chi connectivity index (χ0v) is 13.7. The minimum atomic E-state index is -0.808. The minimum absolute atomic E-state index is 0.132. The van der Waals surface area contributed by atoms with Crippen molar-refractivity contribution < 1.29 is 14.3 Å². The molecule has 1 heterocycles. The van der Waals surface area contributed by atoms with Crippen LogP contribution in [0.15, 0.2) is 12.1 Å². The predicted molar refractivity (Wildman–Crippen MR) is 83.7 cm³/mol. The molecule has 0 aliphatic carbocycles. The van der Waals surface area contributed by atoms with Gasteiger partial charge in [-0.2, -0.15) is 0 Å². The summed E-state index contributed by atoms with van der Waals surface area (Å²) in [5.41, 5.74) is 0.595. The first kappa shape index (κ1) is 17.4. The van der Waals surface area contributed by atoms with Gasteiger partial charge in [-0.25, -0.2) is 4.98 Å². The Kier molecular flexibility index (Phi) is 6.62. The van der Waals surface area contributed by atoms with Crippen molar-refractivity contribution in [1.82, 2.24) is 4.98 Å².